The van der Waals surface area contributed by atoms with Gasteiger partial charge in [-0.15, -0.1) is 0 Å². The minimum Gasteiger partial charge on any atom is -0.444 e. The minimum absolute atomic E-state index is 0.0431. The Kier molecular flexibility index (Phi) is 2.65. The van der Waals surface area contributed by atoms with Crippen LogP contribution in [0.25, 0.3) is 0 Å². The molecule has 2 rings (SSSR count). The summed E-state index contributed by atoms with van der Waals surface area (Å²) in [6.07, 6.45) is 1.07. The average Bonchev–Trinajstić information content (AvgIpc) is 2.63. The van der Waals surface area contributed by atoms with Crippen molar-refractivity contribution in [2.24, 2.45) is 0 Å². The Bertz CT molecular complexity index is 459. The first-order chi connectivity index (χ1) is 7.87. The summed E-state index contributed by atoms with van der Waals surface area (Å²) >= 11 is 0. The number of aromatic amines is 1. The number of H-pyrrole nitrogens is 1. The first-order valence-electron chi connectivity index (χ1n) is 5.40. The van der Waals surface area contributed by atoms with Crippen LogP contribution in [0.1, 0.15) is 36.8 Å². The van der Waals surface area contributed by atoms with Crippen LogP contribution < -0.4 is 0 Å². The molecular formula is C11H15N3O3. The predicted molar refractivity (Wildman–Crippen MR) is 59.6 cm³/mol. The van der Waals surface area contributed by atoms with Gasteiger partial charge in [-0.2, -0.15) is 5.10 Å². The molecule has 1 aromatic rings. The van der Waals surface area contributed by atoms with Crippen LogP contribution in [0.5, 0.6) is 0 Å². The zero-order chi connectivity index (χ0) is 12.6. The third-order valence-electron chi connectivity index (χ3n) is 2.35. The highest BCUT2D eigenvalue weighted by atomic mass is 16.6. The number of nitrogens with one attached hydrogen (secondary N) is 1. The van der Waals surface area contributed by atoms with Crippen LogP contribution in [-0.4, -0.2) is 39.1 Å². The fourth-order valence-electron chi connectivity index (χ4n) is 1.63. The maximum absolute atomic E-state index is 11.8. The van der Waals surface area contributed by atoms with Crippen molar-refractivity contribution in [2.45, 2.75) is 32.9 Å². The molecule has 17 heavy (non-hydrogen) atoms. The first-order valence-corrected chi connectivity index (χ1v) is 5.40. The SMILES string of the molecule is CC(C)(C)OC(=O)N1CC(=O)c2c[nH]nc2C1. The summed E-state index contributed by atoms with van der Waals surface area (Å²) in [5, 5.41) is 6.57. The Morgan fingerprint density at radius 1 is 1.47 bits per heavy atom. The van der Waals surface area contributed by atoms with Crippen molar-refractivity contribution in [3.63, 3.8) is 0 Å². The zero-order valence-corrected chi connectivity index (χ0v) is 10.1. The van der Waals surface area contributed by atoms with Crippen molar-refractivity contribution in [3.05, 3.63) is 17.5 Å². The van der Waals surface area contributed by atoms with E-state index < -0.39 is 11.7 Å². The number of amides is 1. The number of nitrogens with zero attached hydrogens (tertiary/aromatic N) is 2. The summed E-state index contributed by atoms with van der Waals surface area (Å²) in [6, 6.07) is 0. The molecule has 1 N–H and O–H groups in total. The molecule has 0 atom stereocenters. The molecule has 0 bridgehead atoms. The van der Waals surface area contributed by atoms with E-state index in [1.807, 2.05) is 0 Å². The van der Waals surface area contributed by atoms with Gasteiger partial charge in [-0.25, -0.2) is 4.79 Å². The van der Waals surface area contributed by atoms with Crippen LogP contribution in [0.4, 0.5) is 4.79 Å². The highest BCUT2D eigenvalue weighted by Gasteiger charge is 2.30. The third-order valence-corrected chi connectivity index (χ3v) is 2.35. The number of carbonyl (C=O) groups is 2. The maximum atomic E-state index is 11.8. The second kappa shape index (κ2) is 3.87. The molecule has 0 radical (unpaired) electrons. The Balaban J connectivity index is 2.12. The van der Waals surface area contributed by atoms with E-state index in [2.05, 4.69) is 10.2 Å². The predicted octanol–water partition coefficient (Wildman–Crippen LogP) is 1.34. The highest BCUT2D eigenvalue weighted by molar-refractivity contribution is 6.00. The standard InChI is InChI=1S/C11H15N3O3/c1-11(2,3)17-10(16)14-5-8-7(4-12-13-8)9(15)6-14/h4H,5-6H2,1-3H3,(H,12,13). The van der Waals surface area contributed by atoms with Crippen LogP contribution in [-0.2, 0) is 11.3 Å². The van der Waals surface area contributed by atoms with Crippen LogP contribution >= 0.6 is 0 Å². The van der Waals surface area contributed by atoms with Crippen molar-refractivity contribution in [1.29, 1.82) is 0 Å². The number of aromatic nitrogens is 2. The molecule has 1 aliphatic rings. The van der Waals surface area contributed by atoms with E-state index in [0.29, 0.717) is 17.8 Å². The fourth-order valence-corrected chi connectivity index (χ4v) is 1.63. The number of fused-ring (bicyclic) bond motifs is 1. The van der Waals surface area contributed by atoms with Gasteiger partial charge in [0.05, 0.1) is 24.3 Å². The maximum Gasteiger partial charge on any atom is 0.411 e. The first kappa shape index (κ1) is 11.6. The second-order valence-corrected chi connectivity index (χ2v) is 5.01. The van der Waals surface area contributed by atoms with Gasteiger partial charge in [0, 0.05) is 6.20 Å². The van der Waals surface area contributed by atoms with Gasteiger partial charge in [0.2, 0.25) is 0 Å². The normalized spacial score (nSPS) is 15.7. The van der Waals surface area contributed by atoms with Gasteiger partial charge in [0.15, 0.2) is 5.78 Å². The molecule has 2 heterocycles. The molecule has 1 aliphatic heterocycles. The van der Waals surface area contributed by atoms with E-state index in [4.69, 9.17) is 4.74 Å². The number of ketones is 1. The van der Waals surface area contributed by atoms with E-state index in [1.165, 1.54) is 4.90 Å². The van der Waals surface area contributed by atoms with Gasteiger partial charge in [-0.05, 0) is 20.8 Å². The number of carbonyl (C=O) groups excluding carboxylic acids is 2. The zero-order valence-electron chi connectivity index (χ0n) is 10.1. The smallest absolute Gasteiger partial charge is 0.411 e. The topological polar surface area (TPSA) is 75.3 Å². The number of rotatable bonds is 0. The Morgan fingerprint density at radius 2 is 2.18 bits per heavy atom. The molecule has 6 heteroatoms. The lowest BCUT2D eigenvalue weighted by molar-refractivity contribution is 0.0218. The van der Waals surface area contributed by atoms with Gasteiger partial charge in [0.1, 0.15) is 5.60 Å². The van der Waals surface area contributed by atoms with Gasteiger partial charge < -0.3 is 4.74 Å². The lowest BCUT2D eigenvalue weighted by Gasteiger charge is -2.28. The Morgan fingerprint density at radius 3 is 2.82 bits per heavy atom. The molecule has 1 aromatic heterocycles. The Labute approximate surface area is 98.9 Å². The van der Waals surface area contributed by atoms with Crippen LogP contribution in [0.15, 0.2) is 6.20 Å². The lowest BCUT2D eigenvalue weighted by atomic mass is 10.1. The molecule has 0 aromatic carbocycles. The van der Waals surface area contributed by atoms with Gasteiger partial charge in [0.25, 0.3) is 0 Å². The van der Waals surface area contributed by atoms with Crippen LogP contribution in [0, 0.1) is 0 Å². The molecule has 0 spiro atoms. The molecule has 0 fully saturated rings. The van der Waals surface area contributed by atoms with E-state index in [1.54, 1.807) is 27.0 Å². The number of hydrogen-bond acceptors (Lipinski definition) is 4. The second-order valence-electron chi connectivity index (χ2n) is 5.01. The van der Waals surface area contributed by atoms with Crippen molar-refractivity contribution >= 4 is 11.9 Å². The average molecular weight is 237 g/mol. The van der Waals surface area contributed by atoms with E-state index in [9.17, 15) is 9.59 Å². The van der Waals surface area contributed by atoms with Gasteiger partial charge in [-0.1, -0.05) is 0 Å². The van der Waals surface area contributed by atoms with E-state index in [-0.39, 0.29) is 12.3 Å². The minimum atomic E-state index is -0.564. The van der Waals surface area contributed by atoms with Crippen molar-refractivity contribution in [2.75, 3.05) is 6.54 Å². The Hall–Kier alpha value is -1.85. The fraction of sp³-hybridized carbons (Fsp3) is 0.545. The van der Waals surface area contributed by atoms with E-state index in [0.717, 1.165) is 0 Å². The molecule has 0 unspecified atom stereocenters. The van der Waals surface area contributed by atoms with Crippen LogP contribution in [0.3, 0.4) is 0 Å². The molecule has 0 saturated heterocycles. The number of ether oxygens (including phenoxy) is 1. The number of Topliss-reactive ketones (excluding diaryl/α,β-unsaturated/α-hetero) is 1. The number of hydrogen-bond donors (Lipinski definition) is 1. The summed E-state index contributed by atoms with van der Waals surface area (Å²) in [5.41, 5.74) is 0.586. The molecular weight excluding hydrogens is 222 g/mol. The summed E-state index contributed by atoms with van der Waals surface area (Å²) < 4.78 is 5.21. The summed E-state index contributed by atoms with van der Waals surface area (Å²) in [7, 11) is 0. The molecule has 6 nitrogen and oxygen atoms in total. The molecule has 0 aliphatic carbocycles. The summed E-state index contributed by atoms with van der Waals surface area (Å²) in [4.78, 5) is 24.9. The van der Waals surface area contributed by atoms with Gasteiger partial charge in [-0.3, -0.25) is 14.8 Å². The van der Waals surface area contributed by atoms with Crippen molar-refractivity contribution < 1.29 is 14.3 Å². The molecule has 0 saturated carbocycles. The third kappa shape index (κ3) is 2.46. The molecule has 1 amide bonds. The molecule has 92 valence electrons. The van der Waals surface area contributed by atoms with Crippen LogP contribution in [0.2, 0.25) is 0 Å². The van der Waals surface area contributed by atoms with Crippen molar-refractivity contribution in [1.82, 2.24) is 15.1 Å². The highest BCUT2D eigenvalue weighted by Crippen LogP contribution is 2.18. The van der Waals surface area contributed by atoms with E-state index >= 15 is 0 Å². The lowest BCUT2D eigenvalue weighted by Crippen LogP contribution is -2.42. The summed E-state index contributed by atoms with van der Waals surface area (Å²) in [6.45, 7) is 5.71. The van der Waals surface area contributed by atoms with Crippen molar-refractivity contribution in [3.8, 4) is 0 Å². The van der Waals surface area contributed by atoms with Gasteiger partial charge >= 0.3 is 6.09 Å². The largest absolute Gasteiger partial charge is 0.444 e. The summed E-state index contributed by atoms with van der Waals surface area (Å²) in [5.74, 6) is -0.120. The monoisotopic (exact) mass is 237 g/mol. The quantitative estimate of drug-likeness (QED) is 0.738.